The molecule has 0 fully saturated rings. The highest BCUT2D eigenvalue weighted by Crippen LogP contribution is 2.29. The zero-order valence-corrected chi connectivity index (χ0v) is 14.5. The monoisotopic (exact) mass is 371 g/mol. The second-order valence-corrected chi connectivity index (χ2v) is 5.30. The van der Waals surface area contributed by atoms with E-state index in [2.05, 4.69) is 10.1 Å². The van der Waals surface area contributed by atoms with Gasteiger partial charge in [-0.3, -0.25) is 14.9 Å². The summed E-state index contributed by atoms with van der Waals surface area (Å²) in [6, 6.07) is 4.08. The first-order chi connectivity index (χ1) is 12.2. The number of carbonyl (C=O) groups excluding carboxylic acids is 3. The second-order valence-electron chi connectivity index (χ2n) is 5.30. The maximum Gasteiger partial charge on any atom is 0.387 e. The van der Waals surface area contributed by atoms with Gasteiger partial charge in [0.25, 0.3) is 5.91 Å². The third kappa shape index (κ3) is 7.29. The summed E-state index contributed by atoms with van der Waals surface area (Å²) in [5, 5.41) is 2.07. The van der Waals surface area contributed by atoms with Crippen LogP contribution in [-0.2, 0) is 19.1 Å². The molecule has 0 saturated carbocycles. The van der Waals surface area contributed by atoms with E-state index in [9.17, 15) is 23.2 Å². The fraction of sp³-hybridized carbons (Fsp3) is 0.353. The largest absolute Gasteiger partial charge is 0.493 e. The molecule has 0 heterocycles. The molecule has 0 aliphatic carbocycles. The Hall–Kier alpha value is -2.97. The first kappa shape index (κ1) is 21.1. The van der Waals surface area contributed by atoms with E-state index in [4.69, 9.17) is 9.47 Å². The predicted octanol–water partition coefficient (Wildman–Crippen LogP) is 2.15. The van der Waals surface area contributed by atoms with Gasteiger partial charge in [-0.1, -0.05) is 19.9 Å². The molecule has 2 amide bonds. The van der Waals surface area contributed by atoms with Gasteiger partial charge < -0.3 is 14.2 Å². The molecule has 0 aliphatic rings. The number of benzene rings is 1. The van der Waals surface area contributed by atoms with E-state index in [0.29, 0.717) is 5.56 Å². The summed E-state index contributed by atoms with van der Waals surface area (Å²) in [6.07, 6.45) is 2.38. The Morgan fingerprint density at radius 3 is 2.46 bits per heavy atom. The molecule has 0 spiro atoms. The van der Waals surface area contributed by atoms with Gasteiger partial charge in [-0.2, -0.15) is 8.78 Å². The Labute approximate surface area is 148 Å². The first-order valence-electron chi connectivity index (χ1n) is 7.54. The molecular formula is C17H19F2NO6. The lowest BCUT2D eigenvalue weighted by molar-refractivity contribution is -0.145. The zero-order valence-electron chi connectivity index (χ0n) is 14.5. The van der Waals surface area contributed by atoms with E-state index >= 15 is 0 Å². The number of imide groups is 1. The van der Waals surface area contributed by atoms with E-state index in [1.807, 2.05) is 0 Å². The van der Waals surface area contributed by atoms with Crippen LogP contribution in [0.2, 0.25) is 0 Å². The highest BCUT2D eigenvalue weighted by Gasteiger charge is 2.13. The van der Waals surface area contributed by atoms with Gasteiger partial charge in [-0.25, -0.2) is 4.79 Å². The molecule has 1 aromatic carbocycles. The van der Waals surface area contributed by atoms with Crippen LogP contribution < -0.4 is 14.8 Å². The topological polar surface area (TPSA) is 90.9 Å². The van der Waals surface area contributed by atoms with Gasteiger partial charge in [0.2, 0.25) is 5.91 Å². The SMILES string of the molecule is COc1cc(C=CC(=O)OCC(=O)NC(=O)C(C)C)ccc1OC(F)F. The molecule has 0 bridgehead atoms. The smallest absolute Gasteiger partial charge is 0.387 e. The number of amides is 2. The fourth-order valence-corrected chi connectivity index (χ4v) is 1.65. The summed E-state index contributed by atoms with van der Waals surface area (Å²) in [5.74, 6) is -2.48. The quantitative estimate of drug-likeness (QED) is 0.556. The number of ether oxygens (including phenoxy) is 3. The van der Waals surface area contributed by atoms with Gasteiger partial charge in [-0.15, -0.1) is 0 Å². The predicted molar refractivity (Wildman–Crippen MR) is 87.6 cm³/mol. The van der Waals surface area contributed by atoms with Crippen LogP contribution in [0.4, 0.5) is 8.78 Å². The Kier molecular flexibility index (Phi) is 8.20. The van der Waals surface area contributed by atoms with E-state index in [-0.39, 0.29) is 17.4 Å². The molecule has 1 N–H and O–H groups in total. The number of halogens is 2. The van der Waals surface area contributed by atoms with Gasteiger partial charge in [0.05, 0.1) is 7.11 Å². The van der Waals surface area contributed by atoms with Crippen LogP contribution >= 0.6 is 0 Å². The normalized spacial score (nSPS) is 10.9. The van der Waals surface area contributed by atoms with Crippen molar-refractivity contribution in [3.8, 4) is 11.5 Å². The van der Waals surface area contributed by atoms with Crippen molar-refractivity contribution in [3.63, 3.8) is 0 Å². The van der Waals surface area contributed by atoms with Crippen LogP contribution in [0, 0.1) is 5.92 Å². The highest BCUT2D eigenvalue weighted by molar-refractivity contribution is 5.97. The number of esters is 1. The number of nitrogens with one attached hydrogen (secondary N) is 1. The molecule has 7 nitrogen and oxygen atoms in total. The van der Waals surface area contributed by atoms with Crippen LogP contribution in [0.1, 0.15) is 19.4 Å². The third-order valence-electron chi connectivity index (χ3n) is 2.95. The standard InChI is InChI=1S/C17H19F2NO6/c1-10(2)16(23)20-14(21)9-25-15(22)7-5-11-4-6-12(26-17(18)19)13(8-11)24-3/h4-8,10,17H,9H2,1-3H3,(H,20,21,23). The number of methoxy groups -OCH3 is 1. The maximum atomic E-state index is 12.3. The Bertz CT molecular complexity index is 688. The summed E-state index contributed by atoms with van der Waals surface area (Å²) in [5.41, 5.74) is 0.458. The Morgan fingerprint density at radius 2 is 1.88 bits per heavy atom. The lowest BCUT2D eigenvalue weighted by Crippen LogP contribution is -2.36. The Morgan fingerprint density at radius 1 is 1.19 bits per heavy atom. The summed E-state index contributed by atoms with van der Waals surface area (Å²) in [7, 11) is 1.28. The van der Waals surface area contributed by atoms with E-state index in [1.54, 1.807) is 13.8 Å². The van der Waals surface area contributed by atoms with Crippen LogP contribution in [0.25, 0.3) is 6.08 Å². The number of hydrogen-bond donors (Lipinski definition) is 1. The summed E-state index contributed by atoms with van der Waals surface area (Å²) < 4.78 is 38.4. The second kappa shape index (κ2) is 10.1. The summed E-state index contributed by atoms with van der Waals surface area (Å²) in [4.78, 5) is 34.3. The van der Waals surface area contributed by atoms with Crippen molar-refractivity contribution in [2.75, 3.05) is 13.7 Å². The summed E-state index contributed by atoms with van der Waals surface area (Å²) >= 11 is 0. The molecule has 0 aromatic heterocycles. The lowest BCUT2D eigenvalue weighted by Gasteiger charge is -2.10. The van der Waals surface area contributed by atoms with Gasteiger partial charge in [0, 0.05) is 12.0 Å². The van der Waals surface area contributed by atoms with Crippen molar-refractivity contribution in [1.29, 1.82) is 0 Å². The molecule has 0 aliphatic heterocycles. The fourth-order valence-electron chi connectivity index (χ4n) is 1.65. The molecular weight excluding hydrogens is 352 g/mol. The molecule has 0 atom stereocenters. The van der Waals surface area contributed by atoms with Gasteiger partial charge in [-0.05, 0) is 23.8 Å². The van der Waals surface area contributed by atoms with Crippen molar-refractivity contribution < 1.29 is 37.4 Å². The van der Waals surface area contributed by atoms with E-state index < -0.39 is 31.0 Å². The van der Waals surface area contributed by atoms with Crippen LogP contribution in [0.3, 0.4) is 0 Å². The van der Waals surface area contributed by atoms with E-state index in [0.717, 1.165) is 6.08 Å². The maximum absolute atomic E-state index is 12.3. The van der Waals surface area contributed by atoms with Crippen LogP contribution in [0.15, 0.2) is 24.3 Å². The van der Waals surface area contributed by atoms with Crippen molar-refractivity contribution in [1.82, 2.24) is 5.32 Å². The molecule has 1 rings (SSSR count). The number of alkyl halides is 2. The van der Waals surface area contributed by atoms with Crippen molar-refractivity contribution in [2.45, 2.75) is 20.5 Å². The molecule has 26 heavy (non-hydrogen) atoms. The zero-order chi connectivity index (χ0) is 19.7. The van der Waals surface area contributed by atoms with Gasteiger partial charge >= 0.3 is 12.6 Å². The molecule has 9 heteroatoms. The molecule has 142 valence electrons. The minimum atomic E-state index is -2.99. The van der Waals surface area contributed by atoms with Crippen molar-refractivity contribution in [2.24, 2.45) is 5.92 Å². The van der Waals surface area contributed by atoms with Crippen LogP contribution in [-0.4, -0.2) is 38.1 Å². The third-order valence-corrected chi connectivity index (χ3v) is 2.95. The average Bonchev–Trinajstić information content (AvgIpc) is 2.58. The minimum absolute atomic E-state index is 0.0624. The highest BCUT2D eigenvalue weighted by atomic mass is 19.3. The Balaban J connectivity index is 2.60. The van der Waals surface area contributed by atoms with Gasteiger partial charge in [0.1, 0.15) is 0 Å². The number of hydrogen-bond acceptors (Lipinski definition) is 6. The summed E-state index contributed by atoms with van der Waals surface area (Å²) in [6.45, 7) is -0.368. The lowest BCUT2D eigenvalue weighted by atomic mass is 10.2. The van der Waals surface area contributed by atoms with Crippen molar-refractivity contribution in [3.05, 3.63) is 29.8 Å². The molecule has 0 unspecified atom stereocenters. The van der Waals surface area contributed by atoms with Crippen molar-refractivity contribution >= 4 is 23.9 Å². The van der Waals surface area contributed by atoms with Gasteiger partial charge in [0.15, 0.2) is 18.1 Å². The molecule has 0 radical (unpaired) electrons. The molecule has 1 aromatic rings. The minimum Gasteiger partial charge on any atom is -0.493 e. The van der Waals surface area contributed by atoms with Crippen LogP contribution in [0.5, 0.6) is 11.5 Å². The number of carbonyl (C=O) groups is 3. The number of rotatable bonds is 8. The average molecular weight is 371 g/mol. The van der Waals surface area contributed by atoms with E-state index in [1.165, 1.54) is 31.4 Å². The first-order valence-corrected chi connectivity index (χ1v) is 7.54. The molecule has 0 saturated heterocycles.